The number of methoxy groups -OCH3 is 1. The van der Waals surface area contributed by atoms with Crippen molar-refractivity contribution in [1.82, 2.24) is 15.3 Å². The molecule has 0 spiro atoms. The van der Waals surface area contributed by atoms with Crippen LogP contribution in [0.5, 0.6) is 17.4 Å². The van der Waals surface area contributed by atoms with E-state index in [4.69, 9.17) is 9.47 Å². The van der Waals surface area contributed by atoms with Crippen LogP contribution >= 0.6 is 0 Å². The SMILES string of the molecule is CC.COc1ncc(CNC(=O)c2cccc(Oc3ccnc(NC(=O)C4=CCN=C4)c3)c2C)cc1F. The maximum Gasteiger partial charge on any atom is 0.258 e. The molecule has 0 unspecified atom stereocenters. The number of rotatable bonds is 8. The number of anilines is 1. The van der Waals surface area contributed by atoms with Crippen molar-refractivity contribution in [2.45, 2.75) is 27.3 Å². The highest BCUT2D eigenvalue weighted by atomic mass is 19.1. The third-order valence-corrected chi connectivity index (χ3v) is 5.15. The molecule has 10 heteroatoms. The Balaban J connectivity index is 0.00000186. The van der Waals surface area contributed by atoms with Crippen molar-refractivity contribution >= 4 is 23.8 Å². The maximum absolute atomic E-state index is 13.8. The zero-order valence-electron chi connectivity index (χ0n) is 21.0. The monoisotopic (exact) mass is 505 g/mol. The largest absolute Gasteiger partial charge is 0.479 e. The molecule has 192 valence electrons. The lowest BCUT2D eigenvalue weighted by Gasteiger charge is -2.13. The number of nitrogens with one attached hydrogen (secondary N) is 2. The highest BCUT2D eigenvalue weighted by Gasteiger charge is 2.15. The first-order valence-electron chi connectivity index (χ1n) is 11.7. The van der Waals surface area contributed by atoms with E-state index < -0.39 is 5.82 Å². The molecule has 2 aromatic heterocycles. The van der Waals surface area contributed by atoms with E-state index in [1.54, 1.807) is 43.3 Å². The maximum atomic E-state index is 13.8. The number of hydrogen-bond donors (Lipinski definition) is 2. The Hall–Kier alpha value is -4.60. The molecule has 0 bridgehead atoms. The average Bonchev–Trinajstić information content (AvgIpc) is 3.45. The second kappa shape index (κ2) is 12.9. The molecule has 0 atom stereocenters. The minimum absolute atomic E-state index is 0.0891. The van der Waals surface area contributed by atoms with Crippen LogP contribution in [-0.4, -0.2) is 41.7 Å². The van der Waals surface area contributed by atoms with Gasteiger partial charge in [-0.1, -0.05) is 19.9 Å². The molecule has 0 radical (unpaired) electrons. The summed E-state index contributed by atoms with van der Waals surface area (Å²) in [6.07, 6.45) is 6.18. The second-order valence-electron chi connectivity index (χ2n) is 7.53. The van der Waals surface area contributed by atoms with Gasteiger partial charge in [-0.25, -0.2) is 14.4 Å². The molecule has 1 aliphatic rings. The number of aromatic nitrogens is 2. The number of amides is 2. The topological polar surface area (TPSA) is 115 Å². The van der Waals surface area contributed by atoms with Crippen molar-refractivity contribution in [3.63, 3.8) is 0 Å². The highest BCUT2D eigenvalue weighted by Crippen LogP contribution is 2.28. The second-order valence-corrected chi connectivity index (χ2v) is 7.53. The third-order valence-electron chi connectivity index (χ3n) is 5.15. The van der Waals surface area contributed by atoms with Gasteiger partial charge in [0.05, 0.1) is 19.2 Å². The Morgan fingerprint density at radius 2 is 1.92 bits per heavy atom. The van der Waals surface area contributed by atoms with Gasteiger partial charge in [0.2, 0.25) is 5.88 Å². The molecule has 3 heterocycles. The van der Waals surface area contributed by atoms with E-state index in [-0.39, 0.29) is 24.2 Å². The molecule has 2 amide bonds. The molecular weight excluding hydrogens is 477 g/mol. The van der Waals surface area contributed by atoms with Crippen molar-refractivity contribution in [3.8, 4) is 17.4 Å². The summed E-state index contributed by atoms with van der Waals surface area (Å²) in [5.74, 6) is -0.152. The van der Waals surface area contributed by atoms with Crippen LogP contribution in [0.3, 0.4) is 0 Å². The Morgan fingerprint density at radius 1 is 1.11 bits per heavy atom. The molecule has 9 nitrogen and oxygen atoms in total. The molecule has 3 aromatic rings. The van der Waals surface area contributed by atoms with Crippen molar-refractivity contribution < 1.29 is 23.5 Å². The van der Waals surface area contributed by atoms with Crippen LogP contribution in [0.1, 0.15) is 35.3 Å². The number of hydrogen-bond acceptors (Lipinski definition) is 7. The number of benzene rings is 1. The standard InChI is InChI=1S/C25H22FN5O4.C2H6/c1-15-19(24(33)29-12-16-10-20(26)25(34-2)30-13-16)4-3-5-21(15)35-18-7-9-28-22(11-18)31-23(32)17-6-8-27-14-17;1-2/h3-7,9-11,13-14H,8,12H2,1-2H3,(H,29,33)(H,28,31,32);1-2H3. The smallest absolute Gasteiger partial charge is 0.258 e. The van der Waals surface area contributed by atoms with E-state index in [9.17, 15) is 14.0 Å². The fraction of sp³-hybridized carbons (Fsp3) is 0.222. The van der Waals surface area contributed by atoms with Gasteiger partial charge in [-0.15, -0.1) is 0 Å². The van der Waals surface area contributed by atoms with Crippen molar-refractivity contribution in [2.24, 2.45) is 4.99 Å². The first kappa shape index (κ1) is 27.0. The number of nitrogens with zero attached hydrogens (tertiary/aromatic N) is 3. The van der Waals surface area contributed by atoms with Crippen LogP contribution in [0.15, 0.2) is 65.4 Å². The van der Waals surface area contributed by atoms with E-state index in [1.165, 1.54) is 31.8 Å². The zero-order valence-corrected chi connectivity index (χ0v) is 21.0. The van der Waals surface area contributed by atoms with Gasteiger partial charge in [-0.3, -0.25) is 14.6 Å². The summed E-state index contributed by atoms with van der Waals surface area (Å²) in [6.45, 7) is 6.33. The van der Waals surface area contributed by atoms with E-state index in [1.807, 2.05) is 13.8 Å². The lowest BCUT2D eigenvalue weighted by molar-refractivity contribution is -0.112. The fourth-order valence-corrected chi connectivity index (χ4v) is 3.33. The van der Waals surface area contributed by atoms with Gasteiger partial charge < -0.3 is 20.1 Å². The number of pyridine rings is 2. The van der Waals surface area contributed by atoms with E-state index in [0.29, 0.717) is 46.1 Å². The molecule has 0 aliphatic carbocycles. The minimum atomic E-state index is -0.605. The fourth-order valence-electron chi connectivity index (χ4n) is 3.33. The number of halogens is 1. The summed E-state index contributed by atoms with van der Waals surface area (Å²) in [5, 5.41) is 5.46. The molecule has 4 rings (SSSR count). The van der Waals surface area contributed by atoms with Gasteiger partial charge >= 0.3 is 0 Å². The first-order chi connectivity index (χ1) is 17.9. The summed E-state index contributed by atoms with van der Waals surface area (Å²) < 4.78 is 24.6. The van der Waals surface area contributed by atoms with E-state index in [0.717, 1.165) is 0 Å². The van der Waals surface area contributed by atoms with E-state index >= 15 is 0 Å². The number of carbonyl (C=O) groups excluding carboxylic acids is 2. The predicted molar refractivity (Wildman–Crippen MR) is 139 cm³/mol. The zero-order chi connectivity index (χ0) is 26.8. The Labute approximate surface area is 214 Å². The van der Waals surface area contributed by atoms with Crippen LogP contribution < -0.4 is 20.1 Å². The molecule has 37 heavy (non-hydrogen) atoms. The first-order valence-corrected chi connectivity index (χ1v) is 11.7. The highest BCUT2D eigenvalue weighted by molar-refractivity contribution is 6.18. The summed E-state index contributed by atoms with van der Waals surface area (Å²) in [4.78, 5) is 37.0. The van der Waals surface area contributed by atoms with Crippen molar-refractivity contribution in [2.75, 3.05) is 19.0 Å². The van der Waals surface area contributed by atoms with Crippen LogP contribution in [0.25, 0.3) is 0 Å². The Bertz CT molecular complexity index is 1340. The Morgan fingerprint density at radius 3 is 2.62 bits per heavy atom. The predicted octanol–water partition coefficient (Wildman–Crippen LogP) is 4.63. The van der Waals surface area contributed by atoms with Crippen LogP contribution in [0, 0.1) is 12.7 Å². The average molecular weight is 506 g/mol. The number of aliphatic imine (C=N–C) groups is 1. The quantitative estimate of drug-likeness (QED) is 0.461. The van der Waals surface area contributed by atoms with E-state index in [2.05, 4.69) is 25.6 Å². The molecule has 1 aromatic carbocycles. The van der Waals surface area contributed by atoms with Crippen LogP contribution in [0.4, 0.5) is 10.2 Å². The van der Waals surface area contributed by atoms with Gasteiger partial charge in [-0.05, 0) is 42.8 Å². The molecule has 0 saturated heterocycles. The van der Waals surface area contributed by atoms with Gasteiger partial charge in [0.25, 0.3) is 11.8 Å². The minimum Gasteiger partial charge on any atom is -0.479 e. The lowest BCUT2D eigenvalue weighted by atomic mass is 10.1. The van der Waals surface area contributed by atoms with Crippen LogP contribution in [-0.2, 0) is 11.3 Å². The van der Waals surface area contributed by atoms with Gasteiger partial charge in [0.1, 0.15) is 17.3 Å². The molecule has 2 N–H and O–H groups in total. The summed E-state index contributed by atoms with van der Waals surface area (Å²) in [5.41, 5.74) is 1.98. The normalized spacial score (nSPS) is 11.6. The van der Waals surface area contributed by atoms with Gasteiger partial charge in [0.15, 0.2) is 5.82 Å². The summed E-state index contributed by atoms with van der Waals surface area (Å²) in [7, 11) is 1.33. The third kappa shape index (κ3) is 6.97. The molecular formula is C27H28FN5O4. The molecule has 0 fully saturated rings. The van der Waals surface area contributed by atoms with Crippen molar-refractivity contribution in [3.05, 3.63) is 82.9 Å². The number of carbonyl (C=O) groups is 2. The Kier molecular flexibility index (Phi) is 9.42. The lowest BCUT2D eigenvalue weighted by Crippen LogP contribution is -2.24. The number of ether oxygens (including phenoxy) is 2. The van der Waals surface area contributed by atoms with Crippen LogP contribution in [0.2, 0.25) is 0 Å². The molecule has 1 aliphatic heterocycles. The van der Waals surface area contributed by atoms with Crippen molar-refractivity contribution in [1.29, 1.82) is 0 Å². The van der Waals surface area contributed by atoms with Gasteiger partial charge in [-0.2, -0.15) is 0 Å². The molecule has 0 saturated carbocycles. The summed E-state index contributed by atoms with van der Waals surface area (Å²) in [6, 6.07) is 9.58. The van der Waals surface area contributed by atoms with Gasteiger partial charge in [0, 0.05) is 42.3 Å². The summed E-state index contributed by atoms with van der Waals surface area (Å²) >= 11 is 0.